The molecule has 1 heterocycles. The van der Waals surface area contributed by atoms with Gasteiger partial charge < -0.3 is 14.2 Å². The van der Waals surface area contributed by atoms with Gasteiger partial charge in [-0.25, -0.2) is 9.97 Å². The molecule has 3 rings (SSSR count). The molecule has 1 aromatic heterocycles. The Bertz CT molecular complexity index is 1050. The Kier molecular flexibility index (Phi) is 15.9. The summed E-state index contributed by atoms with van der Waals surface area (Å²) in [7, 11) is 0. The van der Waals surface area contributed by atoms with E-state index >= 15 is 0 Å². The van der Waals surface area contributed by atoms with Crippen molar-refractivity contribution in [2.24, 2.45) is 0 Å². The highest BCUT2D eigenvalue weighted by Gasteiger charge is 2.06. The largest absolute Gasteiger partial charge is 0.491 e. The van der Waals surface area contributed by atoms with E-state index in [9.17, 15) is 0 Å². The zero-order chi connectivity index (χ0) is 29.0. The second kappa shape index (κ2) is 20.0. The van der Waals surface area contributed by atoms with Crippen LogP contribution in [-0.4, -0.2) is 35.9 Å². The predicted molar refractivity (Wildman–Crippen MR) is 171 cm³/mol. The Morgan fingerprint density at radius 1 is 0.537 bits per heavy atom. The third-order valence-electron chi connectivity index (χ3n) is 7.36. The minimum absolute atomic E-state index is 0.0884. The molecule has 2 aromatic carbocycles. The molecule has 1 unspecified atom stereocenters. The first-order valence-corrected chi connectivity index (χ1v) is 16.1. The zero-order valence-electron chi connectivity index (χ0n) is 25.8. The first-order chi connectivity index (χ1) is 20.2. The van der Waals surface area contributed by atoms with Gasteiger partial charge in [-0.3, -0.25) is 0 Å². The Morgan fingerprint density at radius 3 is 1.61 bits per heavy atom. The molecule has 0 aliphatic rings. The molecule has 3 aromatic rings. The Balaban J connectivity index is 1.36. The van der Waals surface area contributed by atoms with E-state index in [1.165, 1.54) is 70.6 Å². The topological polar surface area (TPSA) is 53.5 Å². The summed E-state index contributed by atoms with van der Waals surface area (Å²) in [6.45, 7) is 8.68. The second-order valence-electron chi connectivity index (χ2n) is 11.1. The third-order valence-corrected chi connectivity index (χ3v) is 7.36. The molecule has 0 fully saturated rings. The summed E-state index contributed by atoms with van der Waals surface area (Å²) in [6, 6.07) is 16.6. The molecule has 224 valence electrons. The van der Waals surface area contributed by atoms with Crippen molar-refractivity contribution >= 4 is 0 Å². The van der Waals surface area contributed by atoms with Crippen LogP contribution in [0.15, 0.2) is 60.9 Å². The number of benzene rings is 2. The van der Waals surface area contributed by atoms with Crippen molar-refractivity contribution in [3.8, 4) is 34.0 Å². The van der Waals surface area contributed by atoms with Gasteiger partial charge in [0.15, 0.2) is 11.6 Å². The maximum Gasteiger partial charge on any atom is 0.159 e. The summed E-state index contributed by atoms with van der Waals surface area (Å²) in [5.41, 5.74) is 3.28. The first-order valence-electron chi connectivity index (χ1n) is 16.1. The predicted octanol–water partition coefficient (Wildman–Crippen LogP) is 10.1. The molecule has 0 amide bonds. The maximum absolute atomic E-state index is 5.97. The van der Waals surface area contributed by atoms with Crippen molar-refractivity contribution in [2.75, 3.05) is 19.8 Å². The fourth-order valence-corrected chi connectivity index (χ4v) is 4.77. The normalized spacial score (nSPS) is 11.9. The first kappa shape index (κ1) is 32.6. The van der Waals surface area contributed by atoms with Gasteiger partial charge >= 0.3 is 0 Å². The van der Waals surface area contributed by atoms with Gasteiger partial charge in [-0.1, -0.05) is 121 Å². The molecule has 5 heteroatoms. The summed E-state index contributed by atoms with van der Waals surface area (Å²) >= 11 is 0. The minimum atomic E-state index is 0.0884. The lowest BCUT2D eigenvalue weighted by Gasteiger charge is -2.14. The number of ether oxygens (including phenoxy) is 3. The molecule has 0 saturated carbocycles. The molecule has 1 atom stereocenters. The van der Waals surface area contributed by atoms with E-state index in [4.69, 9.17) is 14.2 Å². The van der Waals surface area contributed by atoms with Crippen LogP contribution in [0.1, 0.15) is 104 Å². The number of hydrogen-bond donors (Lipinski definition) is 0. The summed E-state index contributed by atoms with van der Waals surface area (Å²) < 4.78 is 17.7. The fraction of sp³-hybridized carbons (Fsp3) is 0.556. The van der Waals surface area contributed by atoms with Crippen LogP contribution in [0.4, 0.5) is 0 Å². The molecule has 0 aliphatic carbocycles. The van der Waals surface area contributed by atoms with Crippen LogP contribution >= 0.6 is 0 Å². The smallest absolute Gasteiger partial charge is 0.159 e. The van der Waals surface area contributed by atoms with Crippen LogP contribution in [0.2, 0.25) is 0 Å². The van der Waals surface area contributed by atoms with Gasteiger partial charge in [0, 0.05) is 12.2 Å². The lowest BCUT2D eigenvalue weighted by atomic mass is 10.0. The Labute approximate surface area is 249 Å². The van der Waals surface area contributed by atoms with E-state index in [2.05, 4.69) is 67.1 Å². The zero-order valence-corrected chi connectivity index (χ0v) is 25.8. The van der Waals surface area contributed by atoms with Crippen molar-refractivity contribution in [3.63, 3.8) is 0 Å². The monoisotopic (exact) mass is 560 g/mol. The second-order valence-corrected chi connectivity index (χ2v) is 11.1. The third kappa shape index (κ3) is 13.1. The molecule has 5 nitrogen and oxygen atoms in total. The van der Waals surface area contributed by atoms with Crippen LogP contribution in [0.25, 0.3) is 22.5 Å². The number of hydrogen-bond acceptors (Lipinski definition) is 5. The minimum Gasteiger partial charge on any atom is -0.491 e. The molecule has 0 N–H and O–H groups in total. The Morgan fingerprint density at radius 2 is 1.02 bits per heavy atom. The van der Waals surface area contributed by atoms with Crippen LogP contribution in [0.5, 0.6) is 11.5 Å². The quantitative estimate of drug-likeness (QED) is 0.114. The highest BCUT2D eigenvalue weighted by atomic mass is 16.5. The van der Waals surface area contributed by atoms with E-state index in [1.54, 1.807) is 12.4 Å². The van der Waals surface area contributed by atoms with Gasteiger partial charge in [-0.05, 0) is 43.0 Å². The van der Waals surface area contributed by atoms with E-state index < -0.39 is 0 Å². The van der Waals surface area contributed by atoms with Crippen LogP contribution in [0.3, 0.4) is 0 Å². The molecular formula is C36H52N2O3. The number of unbranched alkanes of at least 4 members (excludes halogenated alkanes) is 11. The Hall–Kier alpha value is -2.92. The molecule has 0 aliphatic heterocycles. The SMILES string of the molecule is CCCCCCCCCOC(C)COc1ccc(-c2ccc(-c3ncc(OCCCCCCCC)cn3)cc2)cc1. The number of aromatic nitrogens is 2. The van der Waals surface area contributed by atoms with E-state index in [0.29, 0.717) is 12.4 Å². The van der Waals surface area contributed by atoms with Gasteiger partial charge in [0.05, 0.1) is 25.1 Å². The average molecular weight is 561 g/mol. The van der Waals surface area contributed by atoms with Gasteiger partial charge in [0.2, 0.25) is 0 Å². The molecule has 0 bridgehead atoms. The molecule has 41 heavy (non-hydrogen) atoms. The summed E-state index contributed by atoms with van der Waals surface area (Å²) in [4.78, 5) is 9.03. The molecule has 0 radical (unpaired) electrons. The van der Waals surface area contributed by atoms with Crippen LogP contribution in [-0.2, 0) is 4.74 Å². The van der Waals surface area contributed by atoms with E-state index in [1.807, 2.05) is 12.1 Å². The van der Waals surface area contributed by atoms with E-state index in [0.717, 1.165) is 54.2 Å². The average Bonchev–Trinajstić information content (AvgIpc) is 3.01. The summed E-state index contributed by atoms with van der Waals surface area (Å²) in [6.07, 6.45) is 20.2. The van der Waals surface area contributed by atoms with Crippen molar-refractivity contribution in [2.45, 2.75) is 110 Å². The summed E-state index contributed by atoms with van der Waals surface area (Å²) in [5, 5.41) is 0. The molecular weight excluding hydrogens is 508 g/mol. The van der Waals surface area contributed by atoms with E-state index in [-0.39, 0.29) is 6.10 Å². The molecule has 0 saturated heterocycles. The lowest BCUT2D eigenvalue weighted by molar-refractivity contribution is 0.0302. The van der Waals surface area contributed by atoms with Gasteiger partial charge in [-0.2, -0.15) is 0 Å². The van der Waals surface area contributed by atoms with Gasteiger partial charge in [0.1, 0.15) is 12.4 Å². The van der Waals surface area contributed by atoms with Crippen molar-refractivity contribution in [3.05, 3.63) is 60.9 Å². The standard InChI is InChI=1S/C36H52N2O3/c1-4-6-8-10-12-14-15-25-39-30(3)29-41-34-23-21-32(22-24-34)31-17-19-33(20-18-31)36-37-27-35(28-38-36)40-26-16-13-11-9-7-5-2/h17-24,27-28,30H,4-16,25-26,29H2,1-3H3. The maximum atomic E-state index is 5.97. The highest BCUT2D eigenvalue weighted by molar-refractivity contribution is 5.68. The lowest BCUT2D eigenvalue weighted by Crippen LogP contribution is -2.18. The van der Waals surface area contributed by atoms with Crippen molar-refractivity contribution < 1.29 is 14.2 Å². The van der Waals surface area contributed by atoms with Gasteiger partial charge in [-0.15, -0.1) is 0 Å². The van der Waals surface area contributed by atoms with Gasteiger partial charge in [0.25, 0.3) is 0 Å². The fourth-order valence-electron chi connectivity index (χ4n) is 4.77. The highest BCUT2D eigenvalue weighted by Crippen LogP contribution is 2.25. The van der Waals surface area contributed by atoms with Crippen LogP contribution < -0.4 is 9.47 Å². The summed E-state index contributed by atoms with van der Waals surface area (Å²) in [5.74, 6) is 2.30. The number of rotatable bonds is 22. The number of nitrogens with zero attached hydrogens (tertiary/aromatic N) is 2. The molecule has 0 spiro atoms. The van der Waals surface area contributed by atoms with Crippen molar-refractivity contribution in [1.29, 1.82) is 0 Å². The van der Waals surface area contributed by atoms with Crippen LogP contribution in [0, 0.1) is 0 Å². The van der Waals surface area contributed by atoms with Crippen molar-refractivity contribution in [1.82, 2.24) is 9.97 Å².